The van der Waals surface area contributed by atoms with Crippen LogP contribution in [0.5, 0.6) is 0 Å². The Kier molecular flexibility index (Phi) is 5.51. The number of nitriles is 1. The van der Waals surface area contributed by atoms with E-state index < -0.39 is 0 Å². The maximum absolute atomic E-state index is 13.4. The molecule has 5 heteroatoms. The first kappa shape index (κ1) is 20.1. The zero-order valence-electron chi connectivity index (χ0n) is 17.9. The fourth-order valence-corrected chi connectivity index (χ4v) is 5.04. The maximum atomic E-state index is 13.4. The molecule has 2 aliphatic rings. The molecule has 0 aromatic heterocycles. The van der Waals surface area contributed by atoms with Gasteiger partial charge >= 0.3 is 0 Å². The van der Waals surface area contributed by atoms with Gasteiger partial charge in [0, 0.05) is 31.9 Å². The second kappa shape index (κ2) is 8.76. The van der Waals surface area contributed by atoms with Crippen molar-refractivity contribution in [2.24, 2.45) is 5.92 Å². The number of hydrogen-bond acceptors (Lipinski definition) is 4. The van der Waals surface area contributed by atoms with Crippen LogP contribution in [0.15, 0.2) is 78.9 Å². The van der Waals surface area contributed by atoms with Crippen molar-refractivity contribution in [3.05, 3.63) is 95.6 Å². The van der Waals surface area contributed by atoms with Crippen molar-refractivity contribution in [3.8, 4) is 6.07 Å². The Morgan fingerprint density at radius 2 is 1.66 bits per heavy atom. The van der Waals surface area contributed by atoms with Crippen LogP contribution in [0.3, 0.4) is 0 Å². The third kappa shape index (κ3) is 3.80. The van der Waals surface area contributed by atoms with Crippen LogP contribution in [-0.4, -0.2) is 31.6 Å². The Balaban J connectivity index is 1.42. The minimum Gasteiger partial charge on any atom is -0.367 e. The normalized spacial score (nSPS) is 19.5. The number of amides is 1. The lowest BCUT2D eigenvalue weighted by Gasteiger charge is -2.49. The van der Waals surface area contributed by atoms with E-state index in [1.807, 2.05) is 54.6 Å². The number of carbonyl (C=O) groups excluding carboxylic acids is 1. The third-order valence-electron chi connectivity index (χ3n) is 6.64. The van der Waals surface area contributed by atoms with Crippen molar-refractivity contribution in [3.63, 3.8) is 0 Å². The van der Waals surface area contributed by atoms with Crippen molar-refractivity contribution in [2.75, 3.05) is 29.4 Å². The minimum atomic E-state index is -0.148. The summed E-state index contributed by atoms with van der Waals surface area (Å²) >= 11 is 0. The molecule has 2 heterocycles. The number of benzene rings is 3. The first-order chi connectivity index (χ1) is 15.7. The average Bonchev–Trinajstić information content (AvgIpc) is 2.87. The van der Waals surface area contributed by atoms with E-state index in [2.05, 4.69) is 45.5 Å². The lowest BCUT2D eigenvalue weighted by atomic mass is 9.83. The zero-order chi connectivity index (χ0) is 21.9. The Labute approximate surface area is 188 Å². The van der Waals surface area contributed by atoms with E-state index >= 15 is 0 Å². The van der Waals surface area contributed by atoms with Gasteiger partial charge in [0.1, 0.15) is 6.07 Å². The summed E-state index contributed by atoms with van der Waals surface area (Å²) in [4.78, 5) is 18.1. The SMILES string of the molecule is N#Cc1ccccc1N1CCN2c3ccccc3C[C@H](C(=O)NCc3ccccc3)[C@@H]2C1. The van der Waals surface area contributed by atoms with E-state index in [0.717, 1.165) is 37.3 Å². The fourth-order valence-electron chi connectivity index (χ4n) is 5.04. The van der Waals surface area contributed by atoms with Crippen LogP contribution in [0, 0.1) is 17.2 Å². The molecule has 0 radical (unpaired) electrons. The molecule has 2 atom stereocenters. The van der Waals surface area contributed by atoms with Gasteiger partial charge in [0.15, 0.2) is 0 Å². The van der Waals surface area contributed by atoms with Crippen LogP contribution < -0.4 is 15.1 Å². The molecule has 5 nitrogen and oxygen atoms in total. The van der Waals surface area contributed by atoms with Gasteiger partial charge in [-0.25, -0.2) is 0 Å². The molecule has 0 bridgehead atoms. The van der Waals surface area contributed by atoms with Crippen molar-refractivity contribution in [1.82, 2.24) is 5.32 Å². The maximum Gasteiger partial charge on any atom is 0.225 e. The minimum absolute atomic E-state index is 0.0566. The molecule has 1 saturated heterocycles. The molecule has 0 unspecified atom stereocenters. The Morgan fingerprint density at radius 3 is 2.47 bits per heavy atom. The lowest BCUT2D eigenvalue weighted by molar-refractivity contribution is -0.126. The van der Waals surface area contributed by atoms with E-state index in [1.54, 1.807) is 0 Å². The predicted molar refractivity (Wildman–Crippen MR) is 126 cm³/mol. The molecule has 1 N–H and O–H groups in total. The van der Waals surface area contributed by atoms with Crippen LogP contribution in [-0.2, 0) is 17.8 Å². The van der Waals surface area contributed by atoms with Crippen LogP contribution >= 0.6 is 0 Å². The van der Waals surface area contributed by atoms with E-state index in [9.17, 15) is 10.1 Å². The van der Waals surface area contributed by atoms with Gasteiger partial charge in [-0.05, 0) is 35.7 Å². The van der Waals surface area contributed by atoms with Gasteiger partial charge in [0.25, 0.3) is 0 Å². The highest BCUT2D eigenvalue weighted by molar-refractivity contribution is 5.82. The Hall–Kier alpha value is -3.78. The van der Waals surface area contributed by atoms with Crippen LogP contribution in [0.4, 0.5) is 11.4 Å². The molecule has 3 aromatic rings. The lowest BCUT2D eigenvalue weighted by Crippen LogP contribution is -2.61. The molecule has 3 aromatic carbocycles. The van der Waals surface area contributed by atoms with E-state index in [-0.39, 0.29) is 17.9 Å². The molecule has 2 aliphatic heterocycles. The highest BCUT2D eigenvalue weighted by atomic mass is 16.1. The van der Waals surface area contributed by atoms with Gasteiger partial charge in [-0.3, -0.25) is 4.79 Å². The molecule has 0 aliphatic carbocycles. The van der Waals surface area contributed by atoms with Crippen molar-refractivity contribution < 1.29 is 4.79 Å². The number of rotatable bonds is 4. The van der Waals surface area contributed by atoms with E-state index in [1.165, 1.54) is 11.3 Å². The van der Waals surface area contributed by atoms with Gasteiger partial charge < -0.3 is 15.1 Å². The summed E-state index contributed by atoms with van der Waals surface area (Å²) in [5, 5.41) is 12.8. The van der Waals surface area contributed by atoms with Crippen LogP contribution in [0.2, 0.25) is 0 Å². The monoisotopic (exact) mass is 422 g/mol. The summed E-state index contributed by atoms with van der Waals surface area (Å²) in [5.41, 5.74) is 5.20. The van der Waals surface area contributed by atoms with Crippen molar-refractivity contribution in [2.45, 2.75) is 19.0 Å². The quantitative estimate of drug-likeness (QED) is 0.696. The Morgan fingerprint density at radius 1 is 0.938 bits per heavy atom. The Bertz CT molecular complexity index is 1150. The van der Waals surface area contributed by atoms with Crippen molar-refractivity contribution in [1.29, 1.82) is 5.26 Å². The summed E-state index contributed by atoms with van der Waals surface area (Å²) in [6, 6.07) is 28.6. The zero-order valence-corrected chi connectivity index (χ0v) is 17.9. The second-order valence-electron chi connectivity index (χ2n) is 8.48. The largest absolute Gasteiger partial charge is 0.367 e. The summed E-state index contributed by atoms with van der Waals surface area (Å²) in [7, 11) is 0. The molecule has 160 valence electrons. The van der Waals surface area contributed by atoms with Gasteiger partial charge in [-0.2, -0.15) is 5.26 Å². The summed E-state index contributed by atoms with van der Waals surface area (Å²) in [5.74, 6) is -0.0561. The molecule has 0 spiro atoms. The van der Waals surface area contributed by atoms with Gasteiger partial charge in [0.2, 0.25) is 5.91 Å². The topological polar surface area (TPSA) is 59.4 Å². The number of piperazine rings is 1. The summed E-state index contributed by atoms with van der Waals surface area (Å²) in [6.07, 6.45) is 0.728. The molecule has 0 saturated carbocycles. The number of hydrogen-bond donors (Lipinski definition) is 1. The number of nitrogens with zero attached hydrogens (tertiary/aromatic N) is 3. The highest BCUT2D eigenvalue weighted by Gasteiger charge is 2.41. The number of fused-ring (bicyclic) bond motifs is 3. The van der Waals surface area contributed by atoms with Gasteiger partial charge in [-0.15, -0.1) is 0 Å². The molecular weight excluding hydrogens is 396 g/mol. The second-order valence-corrected chi connectivity index (χ2v) is 8.48. The number of carbonyl (C=O) groups is 1. The average molecular weight is 423 g/mol. The fraction of sp³-hybridized carbons (Fsp3) is 0.259. The predicted octanol–water partition coefficient (Wildman–Crippen LogP) is 3.74. The van der Waals surface area contributed by atoms with Gasteiger partial charge in [0.05, 0.1) is 23.2 Å². The van der Waals surface area contributed by atoms with Gasteiger partial charge in [-0.1, -0.05) is 60.7 Å². The first-order valence-corrected chi connectivity index (χ1v) is 11.1. The molecule has 32 heavy (non-hydrogen) atoms. The van der Waals surface area contributed by atoms with Crippen LogP contribution in [0.1, 0.15) is 16.7 Å². The number of para-hydroxylation sites is 2. The third-order valence-corrected chi connectivity index (χ3v) is 6.64. The standard InChI is InChI=1S/C27H26N4O/c28-17-22-11-5-6-12-24(22)30-14-15-31-25-13-7-4-10-21(25)16-23(26(31)19-30)27(32)29-18-20-8-2-1-3-9-20/h1-13,23,26H,14-16,18-19H2,(H,29,32)/t23-,26-/m0/s1. The highest BCUT2D eigenvalue weighted by Crippen LogP contribution is 2.37. The summed E-state index contributed by atoms with van der Waals surface area (Å²) < 4.78 is 0. The van der Waals surface area contributed by atoms with E-state index in [4.69, 9.17) is 0 Å². The molecular formula is C27H26N4O. The molecule has 5 rings (SSSR count). The molecule has 1 amide bonds. The number of anilines is 2. The first-order valence-electron chi connectivity index (χ1n) is 11.1. The summed E-state index contributed by atoms with van der Waals surface area (Å²) in [6.45, 7) is 2.90. The van der Waals surface area contributed by atoms with Crippen molar-refractivity contribution >= 4 is 17.3 Å². The van der Waals surface area contributed by atoms with E-state index in [0.29, 0.717) is 12.1 Å². The number of nitrogens with one attached hydrogen (secondary N) is 1. The van der Waals surface area contributed by atoms with Crippen LogP contribution in [0.25, 0.3) is 0 Å². The smallest absolute Gasteiger partial charge is 0.225 e. The molecule has 1 fully saturated rings.